The number of hydrogen-bond donors (Lipinski definition) is 1. The Bertz CT molecular complexity index is 1030. The summed E-state index contributed by atoms with van der Waals surface area (Å²) in [6.45, 7) is 0. The summed E-state index contributed by atoms with van der Waals surface area (Å²) in [5.41, 5.74) is 8.12. The van der Waals surface area contributed by atoms with E-state index in [4.69, 9.17) is 28.9 Å². The van der Waals surface area contributed by atoms with Gasteiger partial charge in [0.25, 0.3) is 5.91 Å². The number of ether oxygens (including phenoxy) is 1. The van der Waals surface area contributed by atoms with E-state index in [0.29, 0.717) is 38.1 Å². The first-order valence-electron chi connectivity index (χ1n) is 7.89. The minimum absolute atomic E-state index is 0.00197. The molecule has 0 saturated heterocycles. The number of methoxy groups -OCH3 is 1. The topological polar surface area (TPSA) is 87.2 Å². The van der Waals surface area contributed by atoms with E-state index < -0.39 is 11.9 Å². The third-order valence-electron chi connectivity index (χ3n) is 3.98. The van der Waals surface area contributed by atoms with Crippen molar-refractivity contribution in [2.24, 2.45) is 5.73 Å². The maximum Gasteiger partial charge on any atom is 0.311 e. The van der Waals surface area contributed by atoms with E-state index in [2.05, 4.69) is 9.72 Å². The lowest BCUT2D eigenvalue weighted by molar-refractivity contribution is -0.139. The van der Waals surface area contributed by atoms with E-state index in [1.807, 2.05) is 6.07 Å². The van der Waals surface area contributed by atoms with Crippen LogP contribution in [0, 0.1) is 0 Å². The van der Waals surface area contributed by atoms with Crippen molar-refractivity contribution in [1.82, 2.24) is 9.55 Å². The van der Waals surface area contributed by atoms with Crippen molar-refractivity contribution < 1.29 is 14.3 Å². The number of esters is 1. The van der Waals surface area contributed by atoms with E-state index in [-0.39, 0.29) is 6.42 Å². The van der Waals surface area contributed by atoms with Gasteiger partial charge in [-0.3, -0.25) is 14.6 Å². The van der Waals surface area contributed by atoms with E-state index in [1.165, 1.54) is 13.3 Å². The number of primary amides is 1. The molecule has 0 bridgehead atoms. The highest BCUT2D eigenvalue weighted by Gasteiger charge is 2.18. The summed E-state index contributed by atoms with van der Waals surface area (Å²) in [5, 5.41) is 0.838. The van der Waals surface area contributed by atoms with Crippen LogP contribution in [0.5, 0.6) is 0 Å². The van der Waals surface area contributed by atoms with Crippen molar-refractivity contribution in [1.29, 1.82) is 0 Å². The van der Waals surface area contributed by atoms with Gasteiger partial charge in [0.1, 0.15) is 0 Å². The van der Waals surface area contributed by atoms with Gasteiger partial charge in [-0.25, -0.2) is 0 Å². The van der Waals surface area contributed by atoms with Gasteiger partial charge in [0.2, 0.25) is 0 Å². The monoisotopic (exact) mass is 403 g/mol. The number of nitrogens with two attached hydrogens (primary N) is 1. The molecule has 0 spiro atoms. The number of aromatic nitrogens is 2. The Labute approximate surface area is 165 Å². The van der Waals surface area contributed by atoms with Crippen LogP contribution >= 0.6 is 23.2 Å². The third-order valence-corrected chi connectivity index (χ3v) is 4.60. The van der Waals surface area contributed by atoms with Gasteiger partial charge in [-0.05, 0) is 12.1 Å². The molecule has 0 unspecified atom stereocenters. The largest absolute Gasteiger partial charge is 0.469 e. The molecule has 138 valence electrons. The number of carbonyl (C=O) groups excluding carboxylic acids is 2. The predicted octanol–water partition coefficient (Wildman–Crippen LogP) is 3.66. The number of carbonyl (C=O) groups is 2. The zero-order chi connectivity index (χ0) is 19.6. The molecule has 8 heteroatoms. The van der Waals surface area contributed by atoms with Crippen LogP contribution in [-0.2, 0) is 16.0 Å². The predicted molar refractivity (Wildman–Crippen MR) is 103 cm³/mol. The average molecular weight is 404 g/mol. The van der Waals surface area contributed by atoms with Gasteiger partial charge in [-0.15, -0.1) is 0 Å². The van der Waals surface area contributed by atoms with Crippen LogP contribution in [0.3, 0.4) is 0 Å². The molecule has 27 heavy (non-hydrogen) atoms. The number of amides is 1. The highest BCUT2D eigenvalue weighted by molar-refractivity contribution is 6.33. The van der Waals surface area contributed by atoms with E-state index in [1.54, 1.807) is 41.2 Å². The molecule has 0 aliphatic carbocycles. The maximum atomic E-state index is 11.9. The van der Waals surface area contributed by atoms with Gasteiger partial charge in [0.15, 0.2) is 0 Å². The van der Waals surface area contributed by atoms with Gasteiger partial charge in [0, 0.05) is 34.7 Å². The van der Waals surface area contributed by atoms with E-state index in [9.17, 15) is 9.59 Å². The summed E-state index contributed by atoms with van der Waals surface area (Å²) in [4.78, 5) is 27.6. The molecule has 1 aromatic carbocycles. The highest BCUT2D eigenvalue weighted by Crippen LogP contribution is 2.33. The zero-order valence-corrected chi connectivity index (χ0v) is 15.8. The highest BCUT2D eigenvalue weighted by atomic mass is 35.5. The van der Waals surface area contributed by atoms with Crippen molar-refractivity contribution in [2.75, 3.05) is 7.11 Å². The molecule has 0 aliphatic heterocycles. The Morgan fingerprint density at radius 2 is 1.89 bits per heavy atom. The lowest BCUT2D eigenvalue weighted by Crippen LogP contribution is -2.11. The molecule has 0 aliphatic rings. The van der Waals surface area contributed by atoms with E-state index >= 15 is 0 Å². The van der Waals surface area contributed by atoms with Gasteiger partial charge >= 0.3 is 5.97 Å². The Morgan fingerprint density at radius 3 is 2.56 bits per heavy atom. The molecule has 0 atom stereocenters. The second-order valence-electron chi connectivity index (χ2n) is 5.72. The van der Waals surface area contributed by atoms with Crippen molar-refractivity contribution in [3.63, 3.8) is 0 Å². The van der Waals surface area contributed by atoms with Crippen LogP contribution in [-0.4, -0.2) is 28.5 Å². The molecule has 6 nitrogen and oxygen atoms in total. The average Bonchev–Trinajstić information content (AvgIpc) is 3.08. The summed E-state index contributed by atoms with van der Waals surface area (Å²) in [6, 6.07) is 8.79. The molecular weight excluding hydrogens is 389 g/mol. The molecular formula is C19H15Cl2N3O3. The lowest BCUT2D eigenvalue weighted by Gasteiger charge is -2.08. The summed E-state index contributed by atoms with van der Waals surface area (Å²) < 4.78 is 6.32. The summed E-state index contributed by atoms with van der Waals surface area (Å²) in [6.07, 6.45) is 4.73. The van der Waals surface area contributed by atoms with Crippen molar-refractivity contribution >= 4 is 35.1 Å². The number of hydrogen-bond acceptors (Lipinski definition) is 4. The van der Waals surface area contributed by atoms with Gasteiger partial charge < -0.3 is 15.0 Å². The molecule has 1 amide bonds. The Hall–Kier alpha value is -2.83. The molecule has 2 heterocycles. The summed E-state index contributed by atoms with van der Waals surface area (Å²) in [7, 11) is 1.31. The number of nitrogens with zero attached hydrogens (tertiary/aromatic N) is 2. The first kappa shape index (κ1) is 18.9. The second kappa shape index (κ2) is 7.82. The second-order valence-corrected chi connectivity index (χ2v) is 6.53. The Morgan fingerprint density at radius 1 is 1.15 bits per heavy atom. The van der Waals surface area contributed by atoms with Crippen LogP contribution < -0.4 is 5.73 Å². The normalized spacial score (nSPS) is 10.6. The number of pyridine rings is 1. The first-order valence-corrected chi connectivity index (χ1v) is 8.64. The minimum Gasteiger partial charge on any atom is -0.469 e. The first-order chi connectivity index (χ1) is 12.9. The molecule has 2 aromatic heterocycles. The molecule has 3 aromatic rings. The van der Waals surface area contributed by atoms with Crippen LogP contribution in [0.1, 0.15) is 16.1 Å². The standard InChI is InChI=1S/C19H15Cl2N3O3/c1-27-18(25)7-11-6-17(16(21)8-23-11)24-9-13(14(10-24)19(22)26)12-4-2-3-5-15(12)20/h2-6,8-10H,7H2,1H3,(H2,22,26). The van der Waals surface area contributed by atoms with Crippen LogP contribution in [0.4, 0.5) is 0 Å². The quantitative estimate of drug-likeness (QED) is 0.658. The molecule has 3 rings (SSSR count). The van der Waals surface area contributed by atoms with Gasteiger partial charge in [0.05, 0.1) is 35.5 Å². The molecule has 0 radical (unpaired) electrons. The SMILES string of the molecule is COC(=O)Cc1cc(-n2cc(C(N)=O)c(-c3ccccc3Cl)c2)c(Cl)cn1. The minimum atomic E-state index is -0.594. The fraction of sp³-hybridized carbons (Fsp3) is 0.105. The summed E-state index contributed by atoms with van der Waals surface area (Å²) >= 11 is 12.5. The Kier molecular flexibility index (Phi) is 5.48. The van der Waals surface area contributed by atoms with Gasteiger partial charge in [-0.2, -0.15) is 0 Å². The maximum absolute atomic E-state index is 11.9. The van der Waals surface area contributed by atoms with Crippen LogP contribution in [0.2, 0.25) is 10.0 Å². The third kappa shape index (κ3) is 3.97. The fourth-order valence-electron chi connectivity index (χ4n) is 2.67. The van der Waals surface area contributed by atoms with Crippen molar-refractivity contribution in [3.8, 4) is 16.8 Å². The smallest absolute Gasteiger partial charge is 0.311 e. The number of halogens is 2. The fourth-order valence-corrected chi connectivity index (χ4v) is 3.11. The van der Waals surface area contributed by atoms with Gasteiger partial charge in [-0.1, -0.05) is 41.4 Å². The van der Waals surface area contributed by atoms with Crippen molar-refractivity contribution in [2.45, 2.75) is 6.42 Å². The lowest BCUT2D eigenvalue weighted by atomic mass is 10.0. The molecule has 0 fully saturated rings. The van der Waals surface area contributed by atoms with Crippen molar-refractivity contribution in [3.05, 3.63) is 70.2 Å². The zero-order valence-electron chi connectivity index (χ0n) is 14.3. The number of rotatable bonds is 5. The van der Waals surface area contributed by atoms with E-state index in [0.717, 1.165) is 0 Å². The number of benzene rings is 1. The molecule has 2 N–H and O–H groups in total. The van der Waals surface area contributed by atoms with Crippen LogP contribution in [0.15, 0.2) is 48.9 Å². The summed E-state index contributed by atoms with van der Waals surface area (Å²) in [5.74, 6) is -1.01. The molecule has 0 saturated carbocycles. The Balaban J connectivity index is 2.12. The van der Waals surface area contributed by atoms with Crippen LogP contribution in [0.25, 0.3) is 16.8 Å².